The zero-order valence-electron chi connectivity index (χ0n) is 19.1. The molecule has 0 fully saturated rings. The van der Waals surface area contributed by atoms with Crippen LogP contribution in [0.1, 0.15) is 101 Å². The van der Waals surface area contributed by atoms with Crippen molar-refractivity contribution in [3.63, 3.8) is 0 Å². The summed E-state index contributed by atoms with van der Waals surface area (Å²) in [5.41, 5.74) is 7.37. The zero-order valence-corrected chi connectivity index (χ0v) is 20.1. The number of aliphatic imine (C=N–C) groups is 2. The maximum absolute atomic E-state index is 4.84. The molecule has 160 valence electrons. The fourth-order valence-electron chi connectivity index (χ4n) is 3.54. The maximum Gasteiger partial charge on any atom is 0.0699 e. The van der Waals surface area contributed by atoms with Crippen LogP contribution in [0.3, 0.4) is 0 Å². The van der Waals surface area contributed by atoms with Crippen LogP contribution < -0.4 is 0 Å². The predicted molar refractivity (Wildman–Crippen MR) is 126 cm³/mol. The Labute approximate surface area is 187 Å². The molecule has 29 heavy (non-hydrogen) atoms. The molecule has 0 spiro atoms. The number of hydrogen-bond acceptors (Lipinski definition) is 2. The first kappa shape index (κ1) is 25.3. The quantitative estimate of drug-likeness (QED) is 0.309. The molecule has 0 aromatic heterocycles. The second-order valence-corrected chi connectivity index (χ2v) is 8.75. The molecule has 0 unspecified atom stereocenters. The minimum Gasteiger partial charge on any atom is -0.255 e. The van der Waals surface area contributed by atoms with Gasteiger partial charge in [0.15, 0.2) is 0 Å². The van der Waals surface area contributed by atoms with E-state index in [1.807, 2.05) is 12.4 Å². The van der Waals surface area contributed by atoms with E-state index in [4.69, 9.17) is 9.98 Å². The molecule has 2 rings (SSSR count). The summed E-state index contributed by atoms with van der Waals surface area (Å²) in [6.45, 7) is 17.8. The van der Waals surface area contributed by atoms with Crippen LogP contribution in [0.4, 0.5) is 11.4 Å². The molecular weight excluding hydrogens is 399 g/mol. The molecular formula is C26H36N2Ni. The fourth-order valence-corrected chi connectivity index (χ4v) is 3.54. The minimum atomic E-state index is 0. The summed E-state index contributed by atoms with van der Waals surface area (Å²) in [7, 11) is 0. The Morgan fingerprint density at radius 3 is 0.966 bits per heavy atom. The Kier molecular flexibility index (Phi) is 10.00. The number of hydrogen-bond donors (Lipinski definition) is 0. The molecule has 2 aromatic carbocycles. The van der Waals surface area contributed by atoms with Crippen molar-refractivity contribution < 1.29 is 16.5 Å². The minimum absolute atomic E-state index is 0. The van der Waals surface area contributed by atoms with E-state index in [1.54, 1.807) is 0 Å². The Morgan fingerprint density at radius 1 is 0.517 bits per heavy atom. The Bertz CT molecular complexity index is 722. The molecule has 0 aliphatic heterocycles. The summed E-state index contributed by atoms with van der Waals surface area (Å²) in [6.07, 6.45) is 3.71. The van der Waals surface area contributed by atoms with Gasteiger partial charge in [0.2, 0.25) is 0 Å². The van der Waals surface area contributed by atoms with Crippen LogP contribution in [-0.4, -0.2) is 12.4 Å². The number of rotatable bonds is 7. The molecule has 0 saturated heterocycles. The summed E-state index contributed by atoms with van der Waals surface area (Å²) in [5, 5.41) is 0. The van der Waals surface area contributed by atoms with Crippen molar-refractivity contribution in [3.8, 4) is 0 Å². The van der Waals surface area contributed by atoms with Crippen molar-refractivity contribution >= 4 is 23.8 Å². The van der Waals surface area contributed by atoms with Gasteiger partial charge < -0.3 is 0 Å². The SMILES string of the molecule is CC(C)c1cccc(C(C)C)c1N=CC=Nc1c(C(C)C)cccc1C(C)C.[Ni]. The molecule has 0 heterocycles. The monoisotopic (exact) mass is 434 g/mol. The third-order valence-corrected chi connectivity index (χ3v) is 5.16. The van der Waals surface area contributed by atoms with Gasteiger partial charge in [0.05, 0.1) is 11.4 Å². The topological polar surface area (TPSA) is 24.7 Å². The maximum atomic E-state index is 4.84. The number of nitrogens with zero attached hydrogens (tertiary/aromatic N) is 2. The van der Waals surface area contributed by atoms with Crippen molar-refractivity contribution in [3.05, 3.63) is 58.7 Å². The van der Waals surface area contributed by atoms with Crippen LogP contribution in [0.5, 0.6) is 0 Å². The van der Waals surface area contributed by atoms with Gasteiger partial charge in [-0.05, 0) is 45.9 Å². The van der Waals surface area contributed by atoms with E-state index in [0.29, 0.717) is 23.7 Å². The molecule has 0 N–H and O–H groups in total. The van der Waals surface area contributed by atoms with Crippen molar-refractivity contribution in [2.75, 3.05) is 0 Å². The first-order valence-corrected chi connectivity index (χ1v) is 10.6. The van der Waals surface area contributed by atoms with E-state index in [2.05, 4.69) is 91.8 Å². The van der Waals surface area contributed by atoms with Gasteiger partial charge in [-0.3, -0.25) is 9.98 Å². The van der Waals surface area contributed by atoms with Crippen molar-refractivity contribution in [1.29, 1.82) is 0 Å². The van der Waals surface area contributed by atoms with E-state index in [-0.39, 0.29) is 16.5 Å². The average Bonchev–Trinajstić information content (AvgIpc) is 2.64. The largest absolute Gasteiger partial charge is 0.255 e. The van der Waals surface area contributed by atoms with Crippen molar-refractivity contribution in [2.45, 2.75) is 79.1 Å². The van der Waals surface area contributed by atoms with Crippen LogP contribution in [0.15, 0.2) is 46.4 Å². The molecule has 0 saturated carbocycles. The molecule has 0 bridgehead atoms. The second-order valence-electron chi connectivity index (χ2n) is 8.75. The number of benzene rings is 2. The van der Waals surface area contributed by atoms with Gasteiger partial charge >= 0.3 is 0 Å². The molecule has 2 nitrogen and oxygen atoms in total. The predicted octanol–water partition coefficient (Wildman–Crippen LogP) is 8.28. The Balaban J connectivity index is 0.00000420. The second kappa shape index (κ2) is 11.5. The Hall–Kier alpha value is -1.73. The smallest absolute Gasteiger partial charge is 0.0699 e. The Morgan fingerprint density at radius 2 is 0.759 bits per heavy atom. The van der Waals surface area contributed by atoms with Gasteiger partial charge in [0.1, 0.15) is 0 Å². The molecule has 3 heteroatoms. The van der Waals surface area contributed by atoms with Gasteiger partial charge in [0.25, 0.3) is 0 Å². The van der Waals surface area contributed by atoms with Gasteiger partial charge in [-0.25, -0.2) is 0 Å². The summed E-state index contributed by atoms with van der Waals surface area (Å²) in [6, 6.07) is 13.0. The van der Waals surface area contributed by atoms with Crippen LogP contribution in [0, 0.1) is 0 Å². The van der Waals surface area contributed by atoms with Gasteiger partial charge in [-0.2, -0.15) is 0 Å². The van der Waals surface area contributed by atoms with Crippen LogP contribution in [0.2, 0.25) is 0 Å². The van der Waals surface area contributed by atoms with Gasteiger partial charge in [-0.15, -0.1) is 0 Å². The van der Waals surface area contributed by atoms with Crippen LogP contribution in [0.25, 0.3) is 0 Å². The zero-order chi connectivity index (χ0) is 20.8. The summed E-state index contributed by atoms with van der Waals surface area (Å²) < 4.78 is 0. The van der Waals surface area contributed by atoms with E-state index < -0.39 is 0 Å². The van der Waals surface area contributed by atoms with E-state index >= 15 is 0 Å². The van der Waals surface area contributed by atoms with Crippen LogP contribution in [-0.2, 0) is 16.5 Å². The third-order valence-electron chi connectivity index (χ3n) is 5.16. The first-order chi connectivity index (χ1) is 13.2. The number of para-hydroxylation sites is 2. The standard InChI is InChI=1S/C26H36N2.Ni/c1-17(2)21-11-9-12-22(18(3)4)25(21)27-15-16-28-26-23(19(5)6)13-10-14-24(26)20(7)8;/h9-20H,1-8H3;. The van der Waals surface area contributed by atoms with E-state index in [1.165, 1.54) is 22.3 Å². The van der Waals surface area contributed by atoms with Gasteiger partial charge in [0, 0.05) is 28.9 Å². The van der Waals surface area contributed by atoms with Crippen LogP contribution >= 0.6 is 0 Å². The molecule has 0 radical (unpaired) electrons. The fraction of sp³-hybridized carbons (Fsp3) is 0.462. The first-order valence-electron chi connectivity index (χ1n) is 10.6. The average molecular weight is 435 g/mol. The molecule has 0 amide bonds. The van der Waals surface area contributed by atoms with E-state index in [9.17, 15) is 0 Å². The third kappa shape index (κ3) is 6.38. The van der Waals surface area contributed by atoms with E-state index in [0.717, 1.165) is 11.4 Å². The van der Waals surface area contributed by atoms with Crippen molar-refractivity contribution in [1.82, 2.24) is 0 Å². The normalized spacial score (nSPS) is 12.1. The summed E-state index contributed by atoms with van der Waals surface area (Å²) >= 11 is 0. The van der Waals surface area contributed by atoms with Crippen molar-refractivity contribution in [2.24, 2.45) is 9.98 Å². The summed E-state index contributed by atoms with van der Waals surface area (Å²) in [4.78, 5) is 9.68. The molecule has 0 atom stereocenters. The summed E-state index contributed by atoms with van der Waals surface area (Å²) in [5.74, 6) is 1.77. The van der Waals surface area contributed by atoms with Gasteiger partial charge in [-0.1, -0.05) is 91.8 Å². The molecule has 2 aromatic rings. The molecule has 0 aliphatic rings. The molecule has 0 aliphatic carbocycles.